The van der Waals surface area contributed by atoms with E-state index >= 15 is 0 Å². The first kappa shape index (κ1) is 29.4. The molecule has 2 aromatic carbocycles. The number of pyridine rings is 3. The average Bonchev–Trinajstić information content (AvgIpc) is 3.44. The minimum atomic E-state index is -3.98. The average molecular weight is 629 g/mol. The van der Waals surface area contributed by atoms with Gasteiger partial charge in [0.05, 0.1) is 11.4 Å². The van der Waals surface area contributed by atoms with Crippen LogP contribution in [0.15, 0.2) is 119 Å². The molecule has 0 spiro atoms. The van der Waals surface area contributed by atoms with Gasteiger partial charge in [0.25, 0.3) is 27.2 Å². The van der Waals surface area contributed by atoms with Crippen molar-refractivity contribution in [2.24, 2.45) is 0 Å². The van der Waals surface area contributed by atoms with Crippen molar-refractivity contribution >= 4 is 27.0 Å². The number of fused-ring (bicyclic) bond motifs is 1. The van der Waals surface area contributed by atoms with E-state index in [-0.39, 0.29) is 34.9 Å². The first-order valence-corrected chi connectivity index (χ1v) is 15.0. The van der Waals surface area contributed by atoms with Crippen molar-refractivity contribution in [3.05, 3.63) is 149 Å². The molecular weight excluding hydrogens is 604 g/mol. The van der Waals surface area contributed by atoms with Crippen LogP contribution in [-0.2, 0) is 23.1 Å². The molecule has 0 bridgehead atoms. The van der Waals surface area contributed by atoms with Crippen molar-refractivity contribution in [3.63, 3.8) is 0 Å². The molecule has 10 nitrogen and oxygen atoms in total. The van der Waals surface area contributed by atoms with E-state index in [4.69, 9.17) is 0 Å². The summed E-state index contributed by atoms with van der Waals surface area (Å²) in [4.78, 5) is 30.4. The Labute approximate surface area is 255 Å². The molecule has 0 saturated carbocycles. The van der Waals surface area contributed by atoms with Crippen molar-refractivity contribution in [1.82, 2.24) is 18.8 Å². The summed E-state index contributed by atoms with van der Waals surface area (Å²) in [5.41, 5.74) is 1.00. The molecule has 0 saturated heterocycles. The van der Waals surface area contributed by atoms with Gasteiger partial charge in [-0.15, -0.1) is 0 Å². The van der Waals surface area contributed by atoms with E-state index in [0.717, 1.165) is 20.8 Å². The second-order valence-electron chi connectivity index (χ2n) is 10.1. The fourth-order valence-electron chi connectivity index (χ4n) is 4.92. The van der Waals surface area contributed by atoms with Gasteiger partial charge >= 0.3 is 0 Å². The lowest BCUT2D eigenvalue weighted by Crippen LogP contribution is -2.39. The van der Waals surface area contributed by atoms with Gasteiger partial charge in [-0.1, -0.05) is 24.3 Å². The molecular formula is C32H24F2N5O5S+. The fourth-order valence-corrected chi connectivity index (χ4v) is 6.27. The number of carbonyl (C=O) groups excluding carboxylic acids is 1. The quantitative estimate of drug-likeness (QED) is 0.195. The predicted octanol–water partition coefficient (Wildman–Crippen LogP) is 3.88. The summed E-state index contributed by atoms with van der Waals surface area (Å²) < 4.78 is 57.0. The first-order valence-electron chi connectivity index (χ1n) is 13.6. The molecule has 0 aliphatic rings. The molecule has 45 heavy (non-hydrogen) atoms. The number of rotatable bonds is 8. The third kappa shape index (κ3) is 5.68. The maximum Gasteiger partial charge on any atom is 0.269 e. The standard InChI is InChI=1S/C32H23F2N5O5S/c33-28-11-10-21(16-29(28)34)19-37-14-5-9-26(32(37)41)31(40)36-18-23-17-22(12-15-38(23)42)27-20-39(30-25(27)8-4-13-35-30)45(43,44)24-6-2-1-3-7-24/h1-17,20H,18-19H2,(H-,36,40,42)/p+1. The molecule has 226 valence electrons. The summed E-state index contributed by atoms with van der Waals surface area (Å²) in [6, 6.07) is 20.6. The number of halogens is 2. The van der Waals surface area contributed by atoms with Crippen LogP contribution >= 0.6 is 0 Å². The van der Waals surface area contributed by atoms with Gasteiger partial charge in [0.1, 0.15) is 12.1 Å². The number of carbonyl (C=O) groups is 1. The van der Waals surface area contributed by atoms with Crippen LogP contribution in [0.1, 0.15) is 21.6 Å². The zero-order valence-corrected chi connectivity index (χ0v) is 24.2. The maximum absolute atomic E-state index is 13.6. The number of nitrogens with one attached hydrogen (secondary N) is 1. The van der Waals surface area contributed by atoms with Gasteiger partial charge in [-0.3, -0.25) is 14.8 Å². The van der Waals surface area contributed by atoms with Gasteiger partial charge in [0.2, 0.25) is 6.20 Å². The molecule has 0 aliphatic carbocycles. The van der Waals surface area contributed by atoms with Crippen LogP contribution in [0.3, 0.4) is 0 Å². The Bertz CT molecular complexity index is 2250. The van der Waals surface area contributed by atoms with Crippen molar-refractivity contribution in [1.29, 1.82) is 0 Å². The molecule has 0 fully saturated rings. The third-order valence-electron chi connectivity index (χ3n) is 7.19. The van der Waals surface area contributed by atoms with Gasteiger partial charge in [0.15, 0.2) is 17.3 Å². The lowest BCUT2D eigenvalue weighted by Gasteiger charge is -2.09. The summed E-state index contributed by atoms with van der Waals surface area (Å²) in [5, 5.41) is 13.7. The molecule has 6 rings (SSSR count). The van der Waals surface area contributed by atoms with Gasteiger partial charge in [-0.25, -0.2) is 26.2 Å². The highest BCUT2D eigenvalue weighted by Gasteiger charge is 2.24. The van der Waals surface area contributed by atoms with E-state index in [1.54, 1.807) is 42.5 Å². The van der Waals surface area contributed by atoms with Crippen molar-refractivity contribution < 1.29 is 31.9 Å². The monoisotopic (exact) mass is 628 g/mol. The SMILES string of the molecule is O=C(NCc1cc(-c2cn(S(=O)(=O)c3ccccc3)c3ncccc23)cc[n+]1O)c1cccn(Cc2ccc(F)c(F)c2)c1=O. The second kappa shape index (κ2) is 11.8. The van der Waals surface area contributed by atoms with Crippen LogP contribution < -0.4 is 15.6 Å². The van der Waals surface area contributed by atoms with E-state index in [9.17, 15) is 32.0 Å². The predicted molar refractivity (Wildman–Crippen MR) is 159 cm³/mol. The zero-order valence-electron chi connectivity index (χ0n) is 23.3. The maximum atomic E-state index is 13.6. The van der Waals surface area contributed by atoms with Gasteiger partial charge in [0, 0.05) is 46.4 Å². The van der Waals surface area contributed by atoms with Crippen molar-refractivity contribution in [3.8, 4) is 11.1 Å². The van der Waals surface area contributed by atoms with E-state index in [1.165, 1.54) is 59.7 Å². The highest BCUT2D eigenvalue weighted by molar-refractivity contribution is 7.90. The summed E-state index contributed by atoms with van der Waals surface area (Å²) in [6.45, 7) is -0.280. The summed E-state index contributed by atoms with van der Waals surface area (Å²) in [6.07, 6.45) is 5.72. The Hall–Kier alpha value is -5.69. The molecule has 4 aromatic heterocycles. The number of hydrogen-bond acceptors (Lipinski definition) is 6. The molecule has 0 aliphatic heterocycles. The summed E-state index contributed by atoms with van der Waals surface area (Å²) in [5.74, 6) is -2.78. The minimum absolute atomic E-state index is 0.0850. The Kier molecular flexibility index (Phi) is 7.69. The summed E-state index contributed by atoms with van der Waals surface area (Å²) >= 11 is 0. The van der Waals surface area contributed by atoms with Crippen molar-refractivity contribution in [2.75, 3.05) is 0 Å². The lowest BCUT2D eigenvalue weighted by atomic mass is 10.1. The van der Waals surface area contributed by atoms with Gasteiger partial charge in [-0.2, -0.15) is 0 Å². The molecule has 2 N–H and O–H groups in total. The zero-order chi connectivity index (χ0) is 31.7. The molecule has 0 unspecified atom stereocenters. The van der Waals surface area contributed by atoms with Crippen LogP contribution in [0.5, 0.6) is 0 Å². The topological polar surface area (TPSA) is 127 Å². The minimum Gasteiger partial charge on any atom is -0.341 e. The lowest BCUT2D eigenvalue weighted by molar-refractivity contribution is -0.909. The molecule has 13 heteroatoms. The number of nitrogens with zero attached hydrogens (tertiary/aromatic N) is 4. The Morgan fingerprint density at radius 2 is 1.76 bits per heavy atom. The molecule has 6 aromatic rings. The normalized spacial score (nSPS) is 11.5. The Morgan fingerprint density at radius 3 is 2.53 bits per heavy atom. The van der Waals surface area contributed by atoms with E-state index in [2.05, 4.69) is 10.3 Å². The Balaban J connectivity index is 1.27. The van der Waals surface area contributed by atoms with Gasteiger partial charge in [-0.05, 0) is 59.7 Å². The van der Waals surface area contributed by atoms with E-state index < -0.39 is 33.1 Å². The van der Waals surface area contributed by atoms with E-state index in [0.29, 0.717) is 22.1 Å². The van der Waals surface area contributed by atoms with Crippen LogP contribution in [0.2, 0.25) is 0 Å². The number of amides is 1. The largest absolute Gasteiger partial charge is 0.341 e. The third-order valence-corrected chi connectivity index (χ3v) is 8.85. The highest BCUT2D eigenvalue weighted by atomic mass is 32.2. The number of benzene rings is 2. The van der Waals surface area contributed by atoms with Crippen LogP contribution in [-0.4, -0.2) is 33.1 Å². The first-order chi connectivity index (χ1) is 21.6. The molecule has 0 radical (unpaired) electrons. The number of aromatic nitrogens is 4. The number of hydrogen-bond donors (Lipinski definition) is 2. The van der Waals surface area contributed by atoms with Crippen LogP contribution in [0.4, 0.5) is 8.78 Å². The molecule has 4 heterocycles. The van der Waals surface area contributed by atoms with Crippen molar-refractivity contribution in [2.45, 2.75) is 18.0 Å². The highest BCUT2D eigenvalue weighted by Crippen LogP contribution is 2.32. The van der Waals surface area contributed by atoms with Gasteiger partial charge < -0.3 is 9.88 Å². The van der Waals surface area contributed by atoms with Crippen LogP contribution in [0.25, 0.3) is 22.2 Å². The van der Waals surface area contributed by atoms with E-state index in [1.807, 2.05) is 0 Å². The smallest absolute Gasteiger partial charge is 0.269 e. The Morgan fingerprint density at radius 1 is 0.956 bits per heavy atom. The summed E-state index contributed by atoms with van der Waals surface area (Å²) in [7, 11) is -3.98. The fraction of sp³-hybridized carbons (Fsp3) is 0.0625. The molecule has 1 amide bonds. The molecule has 0 atom stereocenters. The second-order valence-corrected chi connectivity index (χ2v) is 11.9. The van der Waals surface area contributed by atoms with Crippen LogP contribution in [0, 0.1) is 11.6 Å².